The number of pyridine rings is 1. The lowest BCUT2D eigenvalue weighted by molar-refractivity contribution is 0.275. The van der Waals surface area contributed by atoms with Gasteiger partial charge in [-0.15, -0.1) is 0 Å². The van der Waals surface area contributed by atoms with Gasteiger partial charge in [-0.25, -0.2) is 4.98 Å². The second-order valence-corrected chi connectivity index (χ2v) is 7.42. The number of nitrogens with zero attached hydrogens (tertiary/aromatic N) is 3. The van der Waals surface area contributed by atoms with Crippen LogP contribution >= 0.6 is 0 Å². The summed E-state index contributed by atoms with van der Waals surface area (Å²) in [5, 5.41) is 12.7. The number of aromatic nitrogens is 3. The molecule has 1 atom stereocenters. The molecule has 2 aromatic heterocycles. The number of ether oxygens (including phenoxy) is 1. The molecular weight excluding hydrogens is 363 g/mol. The summed E-state index contributed by atoms with van der Waals surface area (Å²) in [5.74, 6) is 2.49. The Bertz CT molecular complexity index is 1090. The molecule has 0 amide bonds. The number of aliphatic hydroxyl groups excluding tert-OH is 1. The first-order valence-electron chi connectivity index (χ1n) is 9.58. The van der Waals surface area contributed by atoms with Gasteiger partial charge in [0.05, 0.1) is 18.0 Å². The molecule has 146 valence electrons. The average molecular weight is 386 g/mol. The van der Waals surface area contributed by atoms with Gasteiger partial charge in [0, 0.05) is 42.7 Å². The predicted octanol–water partition coefficient (Wildman–Crippen LogP) is 2.77. The van der Waals surface area contributed by atoms with Crippen LogP contribution in [-0.4, -0.2) is 27.5 Å². The van der Waals surface area contributed by atoms with Gasteiger partial charge >= 0.3 is 0 Å². The highest BCUT2D eigenvalue weighted by atomic mass is 16.5. The molecule has 0 saturated heterocycles. The van der Waals surface area contributed by atoms with E-state index in [0.717, 1.165) is 46.2 Å². The van der Waals surface area contributed by atoms with Crippen LogP contribution < -0.4 is 15.5 Å². The Kier molecular flexibility index (Phi) is 5.15. The number of aliphatic hydroxyl groups is 1. The van der Waals surface area contributed by atoms with Crippen LogP contribution in [0.3, 0.4) is 0 Å². The van der Waals surface area contributed by atoms with Crippen LogP contribution in [0.4, 0.5) is 11.6 Å². The molecule has 0 spiro atoms. The van der Waals surface area contributed by atoms with Crippen molar-refractivity contribution in [2.75, 3.05) is 5.32 Å². The summed E-state index contributed by atoms with van der Waals surface area (Å²) in [6.45, 7) is 4.00. The van der Waals surface area contributed by atoms with E-state index in [1.54, 1.807) is 18.3 Å². The maximum Gasteiger partial charge on any atom is 0.207 e. The normalized spacial score (nSPS) is 15.6. The molecule has 3 aromatic rings. The van der Waals surface area contributed by atoms with Crippen LogP contribution in [0, 0.1) is 12.8 Å². The summed E-state index contributed by atoms with van der Waals surface area (Å²) in [6, 6.07) is 9.39. The number of hydrogen-bond acceptors (Lipinski definition) is 5. The van der Waals surface area contributed by atoms with Gasteiger partial charge in [0.15, 0.2) is 0 Å². The van der Waals surface area contributed by atoms with Crippen molar-refractivity contribution in [2.24, 2.45) is 13.0 Å². The van der Waals surface area contributed by atoms with Crippen LogP contribution in [0.1, 0.15) is 29.6 Å². The topological polar surface area (TPSA) is 72.2 Å². The summed E-state index contributed by atoms with van der Waals surface area (Å²) in [5.41, 5.74) is 5.38. The van der Waals surface area contributed by atoms with Crippen molar-refractivity contribution in [1.29, 1.82) is 0 Å². The lowest BCUT2D eigenvalue weighted by Crippen LogP contribution is -2.16. The molecule has 4 rings (SSSR count). The van der Waals surface area contributed by atoms with Gasteiger partial charge in [-0.2, -0.15) is 0 Å². The second kappa shape index (κ2) is 7.76. The third kappa shape index (κ3) is 3.91. The minimum absolute atomic E-state index is 0.115. The molecular formula is C22H23BN4O2. The van der Waals surface area contributed by atoms with E-state index < -0.39 is 0 Å². The number of benzene rings is 1. The maximum atomic E-state index is 9.28. The van der Waals surface area contributed by atoms with E-state index >= 15 is 0 Å². The van der Waals surface area contributed by atoms with Gasteiger partial charge in [0.25, 0.3) is 0 Å². The van der Waals surface area contributed by atoms with Gasteiger partial charge in [0.1, 0.15) is 19.4 Å². The van der Waals surface area contributed by atoms with Crippen molar-refractivity contribution >= 4 is 31.0 Å². The number of aryl methyl sites for hydroxylation is 1. The Morgan fingerprint density at radius 2 is 2.14 bits per heavy atom. The van der Waals surface area contributed by atoms with Gasteiger partial charge < -0.3 is 19.7 Å². The second-order valence-electron chi connectivity index (χ2n) is 7.42. The van der Waals surface area contributed by atoms with Gasteiger partial charge in [0.2, 0.25) is 5.95 Å². The minimum atomic E-state index is -0.115. The van der Waals surface area contributed by atoms with E-state index in [9.17, 15) is 5.11 Å². The van der Waals surface area contributed by atoms with Crippen molar-refractivity contribution in [3.8, 4) is 5.75 Å². The number of nitrogens with one attached hydrogen (secondary N) is 1. The van der Waals surface area contributed by atoms with Crippen LogP contribution in [-0.2, 0) is 20.1 Å². The molecule has 2 heterocycles. The number of imidazole rings is 1. The summed E-state index contributed by atoms with van der Waals surface area (Å²) in [7, 11) is 7.93. The van der Waals surface area contributed by atoms with Crippen molar-refractivity contribution in [2.45, 2.75) is 26.9 Å². The van der Waals surface area contributed by atoms with E-state index in [1.165, 1.54) is 0 Å². The first kappa shape index (κ1) is 19.3. The van der Waals surface area contributed by atoms with Crippen LogP contribution in [0.25, 0.3) is 6.08 Å². The third-order valence-corrected chi connectivity index (χ3v) is 5.22. The highest BCUT2D eigenvalue weighted by molar-refractivity contribution is 6.33. The average Bonchev–Trinajstić information content (AvgIpc) is 3.00. The molecule has 1 aliphatic carbocycles. The standard InChI is InChI=1S/C22H23BN4O2/c1-13-8-15(4-5-18(13)23)25-22-26-19-11-21(14(2)9-20(19)27(22)3)29-17-6-7-24-16(10-17)12-28/h4-8,10-11,14,28H,9,12H2,1-3H3,(H,25,26). The van der Waals surface area contributed by atoms with Gasteiger partial charge in [-0.1, -0.05) is 24.0 Å². The van der Waals surface area contributed by atoms with Crippen LogP contribution in [0.2, 0.25) is 0 Å². The molecule has 6 nitrogen and oxygen atoms in total. The van der Waals surface area contributed by atoms with E-state index in [0.29, 0.717) is 11.4 Å². The molecule has 0 bridgehead atoms. The van der Waals surface area contributed by atoms with E-state index in [2.05, 4.69) is 21.8 Å². The molecule has 2 radical (unpaired) electrons. The zero-order valence-corrected chi connectivity index (χ0v) is 16.8. The largest absolute Gasteiger partial charge is 0.461 e. The van der Waals surface area contributed by atoms with Crippen molar-refractivity contribution < 1.29 is 9.84 Å². The number of rotatable bonds is 5. The van der Waals surface area contributed by atoms with E-state index in [4.69, 9.17) is 17.6 Å². The van der Waals surface area contributed by atoms with E-state index in [-0.39, 0.29) is 12.5 Å². The maximum absolute atomic E-state index is 9.28. The molecule has 0 aliphatic heterocycles. The van der Waals surface area contributed by atoms with Gasteiger partial charge in [-0.3, -0.25) is 4.98 Å². The third-order valence-electron chi connectivity index (χ3n) is 5.22. The Labute approximate surface area is 171 Å². The number of hydrogen-bond donors (Lipinski definition) is 2. The summed E-state index contributed by atoms with van der Waals surface area (Å²) in [4.78, 5) is 8.86. The van der Waals surface area contributed by atoms with Crippen molar-refractivity contribution in [3.05, 3.63) is 64.9 Å². The summed E-state index contributed by atoms with van der Waals surface area (Å²) < 4.78 is 8.17. The first-order valence-corrected chi connectivity index (χ1v) is 9.58. The molecule has 1 aromatic carbocycles. The fourth-order valence-corrected chi connectivity index (χ4v) is 3.44. The first-order chi connectivity index (χ1) is 13.9. The smallest absolute Gasteiger partial charge is 0.207 e. The molecule has 2 N–H and O–H groups in total. The Morgan fingerprint density at radius 1 is 1.31 bits per heavy atom. The Balaban J connectivity index is 1.61. The Hall–Kier alpha value is -3.06. The minimum Gasteiger partial charge on any atom is -0.461 e. The van der Waals surface area contributed by atoms with Crippen LogP contribution in [0.15, 0.2) is 42.3 Å². The lowest BCUT2D eigenvalue weighted by Gasteiger charge is -2.21. The molecule has 1 unspecified atom stereocenters. The van der Waals surface area contributed by atoms with Crippen molar-refractivity contribution in [1.82, 2.24) is 14.5 Å². The van der Waals surface area contributed by atoms with Crippen molar-refractivity contribution in [3.63, 3.8) is 0 Å². The molecule has 0 fully saturated rings. The van der Waals surface area contributed by atoms with Crippen LogP contribution in [0.5, 0.6) is 5.75 Å². The predicted molar refractivity (Wildman–Crippen MR) is 115 cm³/mol. The zero-order valence-electron chi connectivity index (χ0n) is 16.8. The molecule has 0 saturated carbocycles. The quantitative estimate of drug-likeness (QED) is 0.660. The van der Waals surface area contributed by atoms with Gasteiger partial charge in [-0.05, 0) is 31.5 Å². The highest BCUT2D eigenvalue weighted by Crippen LogP contribution is 2.32. The number of fused-ring (bicyclic) bond motifs is 1. The molecule has 7 heteroatoms. The summed E-state index contributed by atoms with van der Waals surface area (Å²) in [6.07, 6.45) is 4.45. The SMILES string of the molecule is [B]c1ccc(Nc2nc3c(n2C)CC(C)C(Oc2ccnc(CO)c2)=C3)cc1C. The molecule has 1 aliphatic rings. The zero-order chi connectivity index (χ0) is 20.5. The summed E-state index contributed by atoms with van der Waals surface area (Å²) >= 11 is 0. The Morgan fingerprint density at radius 3 is 2.90 bits per heavy atom. The van der Waals surface area contributed by atoms with E-state index in [1.807, 2.05) is 38.2 Å². The lowest BCUT2D eigenvalue weighted by atomic mass is 9.91. The monoisotopic (exact) mass is 386 g/mol. The highest BCUT2D eigenvalue weighted by Gasteiger charge is 2.25. The number of allylic oxidation sites excluding steroid dienone is 1. The number of anilines is 2. The fraction of sp³-hybridized carbons (Fsp3) is 0.273. The fourth-order valence-electron chi connectivity index (χ4n) is 3.44. The molecule has 29 heavy (non-hydrogen) atoms.